The van der Waals surface area contributed by atoms with Crippen molar-refractivity contribution in [3.8, 4) is 0 Å². The maximum atomic E-state index is 12.1. The minimum Gasteiger partial charge on any atom is -0.347 e. The fraction of sp³-hybridized carbons (Fsp3) is 0.700. The summed E-state index contributed by atoms with van der Waals surface area (Å²) < 4.78 is 23.4. The van der Waals surface area contributed by atoms with E-state index in [4.69, 9.17) is 0 Å². The van der Waals surface area contributed by atoms with Gasteiger partial charge in [0.1, 0.15) is 6.20 Å². The second kappa shape index (κ2) is 4.71. The van der Waals surface area contributed by atoms with Crippen LogP contribution in [0, 0.1) is 10.1 Å². The van der Waals surface area contributed by atoms with Crippen LogP contribution in [-0.4, -0.2) is 41.9 Å². The van der Waals surface area contributed by atoms with E-state index in [0.29, 0.717) is 24.6 Å². The second-order valence-electron chi connectivity index (χ2n) is 5.05. The van der Waals surface area contributed by atoms with Gasteiger partial charge in [-0.2, -0.15) is 0 Å². The summed E-state index contributed by atoms with van der Waals surface area (Å²) in [6, 6.07) is 0. The fourth-order valence-corrected chi connectivity index (χ4v) is 4.06. The molecule has 2 heterocycles. The summed E-state index contributed by atoms with van der Waals surface area (Å²) in [7, 11) is -3.15. The van der Waals surface area contributed by atoms with Gasteiger partial charge in [-0.1, -0.05) is 0 Å². The maximum absolute atomic E-state index is 12.1. The van der Waals surface area contributed by atoms with Crippen LogP contribution < -0.4 is 4.90 Å². The molecule has 0 amide bonds. The Labute approximate surface area is 115 Å². The Morgan fingerprint density at radius 2 is 2.16 bits per heavy atom. The molecule has 0 radical (unpaired) electrons. The van der Waals surface area contributed by atoms with Gasteiger partial charge in [0.2, 0.25) is 0 Å². The zero-order chi connectivity index (χ0) is 14.3. The van der Waals surface area contributed by atoms with Crippen molar-refractivity contribution in [3.05, 3.63) is 16.3 Å². The number of hydrogen-bond donors (Lipinski definition) is 0. The average Bonchev–Trinajstić information content (AvgIpc) is 2.74. The SMILES string of the molecule is CC1(C)CCN(c2ncc([N+](=O)[O-])s2)CCS1(=O)=O. The molecule has 0 bridgehead atoms. The van der Waals surface area contributed by atoms with E-state index in [0.717, 1.165) is 11.3 Å². The van der Waals surface area contributed by atoms with Crippen LogP contribution in [0.2, 0.25) is 0 Å². The van der Waals surface area contributed by atoms with Crippen LogP contribution in [0.25, 0.3) is 0 Å². The minimum absolute atomic E-state index is 0.0265. The van der Waals surface area contributed by atoms with Gasteiger partial charge >= 0.3 is 5.00 Å². The van der Waals surface area contributed by atoms with Crippen molar-refractivity contribution in [2.75, 3.05) is 23.7 Å². The van der Waals surface area contributed by atoms with Crippen molar-refractivity contribution in [2.45, 2.75) is 25.0 Å². The van der Waals surface area contributed by atoms with E-state index in [1.165, 1.54) is 6.20 Å². The summed E-state index contributed by atoms with van der Waals surface area (Å²) in [5.41, 5.74) is 0. The molecule has 7 nitrogen and oxygen atoms in total. The topological polar surface area (TPSA) is 93.4 Å². The standard InChI is InChI=1S/C10H15N3O4S2/c1-10(2)3-4-12(5-6-19(10,16)17)9-11-7-8(18-9)13(14)15/h7H,3-6H2,1-2H3. The Morgan fingerprint density at radius 3 is 2.74 bits per heavy atom. The molecule has 0 aliphatic carbocycles. The summed E-state index contributed by atoms with van der Waals surface area (Å²) in [5, 5.41) is 11.1. The molecule has 106 valence electrons. The summed E-state index contributed by atoms with van der Waals surface area (Å²) in [4.78, 5) is 16.0. The van der Waals surface area contributed by atoms with Crippen LogP contribution in [-0.2, 0) is 9.84 Å². The molecule has 0 saturated carbocycles. The van der Waals surface area contributed by atoms with Crippen molar-refractivity contribution >= 4 is 31.3 Å². The predicted molar refractivity (Wildman–Crippen MR) is 73.5 cm³/mol. The maximum Gasteiger partial charge on any atom is 0.345 e. The molecule has 0 aromatic carbocycles. The first kappa shape index (κ1) is 14.2. The molecule has 1 aliphatic heterocycles. The zero-order valence-corrected chi connectivity index (χ0v) is 12.3. The van der Waals surface area contributed by atoms with E-state index in [2.05, 4.69) is 4.98 Å². The Bertz CT molecular complexity index is 594. The lowest BCUT2D eigenvalue weighted by Gasteiger charge is -2.22. The highest BCUT2D eigenvalue weighted by atomic mass is 32.2. The first-order valence-electron chi connectivity index (χ1n) is 5.80. The van der Waals surface area contributed by atoms with Crippen molar-refractivity contribution in [3.63, 3.8) is 0 Å². The molecule has 1 aromatic heterocycles. The van der Waals surface area contributed by atoms with Crippen molar-refractivity contribution in [1.29, 1.82) is 0 Å². The zero-order valence-electron chi connectivity index (χ0n) is 10.7. The minimum atomic E-state index is -3.15. The molecule has 2 rings (SSSR count). The lowest BCUT2D eigenvalue weighted by atomic mass is 10.1. The van der Waals surface area contributed by atoms with E-state index in [1.54, 1.807) is 13.8 Å². The van der Waals surface area contributed by atoms with E-state index >= 15 is 0 Å². The quantitative estimate of drug-likeness (QED) is 0.606. The number of nitro groups is 1. The van der Waals surface area contributed by atoms with Gasteiger partial charge in [0.05, 0.1) is 15.4 Å². The molecular weight excluding hydrogens is 290 g/mol. The molecular formula is C10H15N3O4S2. The molecule has 0 atom stereocenters. The van der Waals surface area contributed by atoms with Crippen LogP contribution in [0.1, 0.15) is 20.3 Å². The smallest absolute Gasteiger partial charge is 0.345 e. The third kappa shape index (κ3) is 2.71. The van der Waals surface area contributed by atoms with Crippen LogP contribution in [0.4, 0.5) is 10.1 Å². The number of hydrogen-bond acceptors (Lipinski definition) is 7. The van der Waals surface area contributed by atoms with E-state index in [1.807, 2.05) is 4.90 Å². The van der Waals surface area contributed by atoms with Gasteiger partial charge in [-0.15, -0.1) is 0 Å². The molecule has 1 fully saturated rings. The third-order valence-electron chi connectivity index (χ3n) is 3.39. The van der Waals surface area contributed by atoms with Gasteiger partial charge in [0.25, 0.3) is 0 Å². The highest BCUT2D eigenvalue weighted by Gasteiger charge is 2.37. The van der Waals surface area contributed by atoms with E-state index in [9.17, 15) is 18.5 Å². The van der Waals surface area contributed by atoms with Gasteiger partial charge in [0, 0.05) is 13.1 Å². The summed E-state index contributed by atoms with van der Waals surface area (Å²) in [6.45, 7) is 4.31. The van der Waals surface area contributed by atoms with Gasteiger partial charge in [-0.05, 0) is 31.6 Å². The van der Waals surface area contributed by atoms with Crippen LogP contribution in [0.3, 0.4) is 0 Å². The van der Waals surface area contributed by atoms with Gasteiger partial charge in [0.15, 0.2) is 15.0 Å². The van der Waals surface area contributed by atoms with Crippen molar-refractivity contribution < 1.29 is 13.3 Å². The third-order valence-corrected chi connectivity index (χ3v) is 7.01. The first-order chi connectivity index (χ1) is 8.73. The van der Waals surface area contributed by atoms with Crippen LogP contribution in [0.5, 0.6) is 0 Å². The number of sulfone groups is 1. The highest BCUT2D eigenvalue weighted by molar-refractivity contribution is 7.92. The van der Waals surface area contributed by atoms with E-state index in [-0.39, 0.29) is 10.8 Å². The lowest BCUT2D eigenvalue weighted by Crippen LogP contribution is -2.33. The molecule has 9 heteroatoms. The summed E-state index contributed by atoms with van der Waals surface area (Å²) in [5.74, 6) is 0.0490. The van der Waals surface area contributed by atoms with E-state index < -0.39 is 19.5 Å². The Morgan fingerprint density at radius 1 is 1.47 bits per heavy atom. The lowest BCUT2D eigenvalue weighted by molar-refractivity contribution is -0.380. The number of aromatic nitrogens is 1. The largest absolute Gasteiger partial charge is 0.347 e. The fourth-order valence-electron chi connectivity index (χ4n) is 1.86. The van der Waals surface area contributed by atoms with Gasteiger partial charge in [-0.25, -0.2) is 13.4 Å². The van der Waals surface area contributed by atoms with Crippen molar-refractivity contribution in [1.82, 2.24) is 4.98 Å². The first-order valence-corrected chi connectivity index (χ1v) is 8.27. The number of rotatable bonds is 2. The predicted octanol–water partition coefficient (Wildman–Crippen LogP) is 1.45. The molecule has 0 spiro atoms. The summed E-state index contributed by atoms with van der Waals surface area (Å²) >= 11 is 0.978. The van der Waals surface area contributed by atoms with Gasteiger partial charge < -0.3 is 4.90 Å². The molecule has 1 aliphatic rings. The Kier molecular flexibility index (Phi) is 3.52. The Balaban J connectivity index is 2.21. The molecule has 1 aromatic rings. The number of thiazole rings is 1. The molecule has 1 saturated heterocycles. The number of anilines is 1. The molecule has 19 heavy (non-hydrogen) atoms. The molecule has 0 N–H and O–H groups in total. The normalized spacial score (nSPS) is 21.9. The number of nitrogens with zero attached hydrogens (tertiary/aromatic N) is 3. The van der Waals surface area contributed by atoms with Crippen LogP contribution >= 0.6 is 11.3 Å². The average molecular weight is 305 g/mol. The monoisotopic (exact) mass is 305 g/mol. The van der Waals surface area contributed by atoms with Gasteiger partial charge in [-0.3, -0.25) is 10.1 Å². The highest BCUT2D eigenvalue weighted by Crippen LogP contribution is 2.32. The second-order valence-corrected chi connectivity index (χ2v) is 8.78. The molecule has 0 unspecified atom stereocenters. The van der Waals surface area contributed by atoms with Crippen molar-refractivity contribution in [2.24, 2.45) is 0 Å². The van der Waals surface area contributed by atoms with Crippen LogP contribution in [0.15, 0.2) is 6.20 Å². The summed E-state index contributed by atoms with van der Waals surface area (Å²) in [6.07, 6.45) is 1.70. The Hall–Kier alpha value is -1.22.